The van der Waals surface area contributed by atoms with Gasteiger partial charge >= 0.3 is 5.97 Å². The fourth-order valence-corrected chi connectivity index (χ4v) is 2.81. The van der Waals surface area contributed by atoms with Gasteiger partial charge in [-0.1, -0.05) is 37.3 Å². The molecule has 1 heterocycles. The van der Waals surface area contributed by atoms with Gasteiger partial charge in [0.1, 0.15) is 0 Å². The number of benzene rings is 2. The maximum absolute atomic E-state index is 12.5. The first-order valence-corrected chi connectivity index (χ1v) is 9.90. The van der Waals surface area contributed by atoms with E-state index in [1.54, 1.807) is 49.4 Å². The second-order valence-corrected chi connectivity index (χ2v) is 6.55. The summed E-state index contributed by atoms with van der Waals surface area (Å²) in [6.45, 7) is 3.42. The van der Waals surface area contributed by atoms with Crippen LogP contribution in [0.3, 0.4) is 0 Å². The minimum absolute atomic E-state index is 0.118. The van der Waals surface area contributed by atoms with E-state index >= 15 is 0 Å². The van der Waals surface area contributed by atoms with E-state index in [-0.39, 0.29) is 18.1 Å². The van der Waals surface area contributed by atoms with Crippen LogP contribution in [0.15, 0.2) is 65.5 Å². The molecule has 1 aromatic heterocycles. The van der Waals surface area contributed by atoms with Crippen LogP contribution in [0.5, 0.6) is 5.75 Å². The van der Waals surface area contributed by atoms with Crippen LogP contribution in [-0.4, -0.2) is 34.9 Å². The number of anilines is 1. The van der Waals surface area contributed by atoms with Crippen LogP contribution in [0.1, 0.15) is 29.9 Å². The molecule has 0 unspecified atom stereocenters. The molecule has 31 heavy (non-hydrogen) atoms. The second-order valence-electron chi connectivity index (χ2n) is 6.55. The summed E-state index contributed by atoms with van der Waals surface area (Å²) < 4.78 is 11.6. The van der Waals surface area contributed by atoms with Crippen LogP contribution in [0.2, 0.25) is 0 Å². The third-order valence-electron chi connectivity index (χ3n) is 4.37. The van der Waals surface area contributed by atoms with Crippen LogP contribution >= 0.6 is 0 Å². The summed E-state index contributed by atoms with van der Waals surface area (Å²) in [5.41, 5.74) is 1.56. The van der Waals surface area contributed by atoms with E-state index in [4.69, 9.17) is 9.47 Å². The summed E-state index contributed by atoms with van der Waals surface area (Å²) >= 11 is 0. The fraction of sp³-hybridized carbons (Fsp3) is 0.217. The van der Waals surface area contributed by atoms with Crippen LogP contribution in [-0.2, 0) is 16.0 Å². The molecule has 0 radical (unpaired) electrons. The Labute approximate surface area is 179 Å². The summed E-state index contributed by atoms with van der Waals surface area (Å²) in [5, 5.41) is 6.82. The first-order chi connectivity index (χ1) is 15.0. The van der Waals surface area contributed by atoms with Gasteiger partial charge in [0.05, 0.1) is 18.4 Å². The van der Waals surface area contributed by atoms with Crippen molar-refractivity contribution in [3.63, 3.8) is 0 Å². The topological polar surface area (TPSA) is 99.5 Å². The lowest BCUT2D eigenvalue weighted by molar-refractivity contribution is -0.118. The van der Waals surface area contributed by atoms with E-state index in [9.17, 15) is 14.4 Å². The molecule has 1 amide bonds. The zero-order chi connectivity index (χ0) is 22.2. The van der Waals surface area contributed by atoms with E-state index in [0.717, 1.165) is 22.7 Å². The SMILES string of the molecule is CCOC(=O)c1nn(-c2ccccc2)c(=O)cc1OCC(=O)Nc1ccc(CC)cc1. The molecule has 160 valence electrons. The molecule has 8 heteroatoms. The maximum atomic E-state index is 12.5. The van der Waals surface area contributed by atoms with Crippen molar-refractivity contribution >= 4 is 17.6 Å². The van der Waals surface area contributed by atoms with Crippen molar-refractivity contribution in [2.24, 2.45) is 0 Å². The molecule has 0 fully saturated rings. The minimum atomic E-state index is -0.752. The quantitative estimate of drug-likeness (QED) is 0.562. The monoisotopic (exact) mass is 421 g/mol. The number of hydrogen-bond donors (Lipinski definition) is 1. The molecule has 0 saturated heterocycles. The van der Waals surface area contributed by atoms with E-state index in [0.29, 0.717) is 11.4 Å². The molecule has 0 saturated carbocycles. The van der Waals surface area contributed by atoms with E-state index in [1.807, 2.05) is 19.1 Å². The van der Waals surface area contributed by atoms with Gasteiger partial charge in [-0.2, -0.15) is 9.78 Å². The zero-order valence-electron chi connectivity index (χ0n) is 17.3. The van der Waals surface area contributed by atoms with Gasteiger partial charge in [-0.15, -0.1) is 0 Å². The largest absolute Gasteiger partial charge is 0.481 e. The molecule has 0 spiro atoms. The predicted molar refractivity (Wildman–Crippen MR) is 116 cm³/mol. The summed E-state index contributed by atoms with van der Waals surface area (Å²) in [7, 11) is 0. The minimum Gasteiger partial charge on any atom is -0.481 e. The number of esters is 1. The number of ether oxygens (including phenoxy) is 2. The van der Waals surface area contributed by atoms with Gasteiger partial charge in [-0.3, -0.25) is 9.59 Å². The highest BCUT2D eigenvalue weighted by Crippen LogP contribution is 2.17. The Balaban J connectivity index is 1.80. The lowest BCUT2D eigenvalue weighted by Crippen LogP contribution is -2.27. The van der Waals surface area contributed by atoms with Gasteiger partial charge in [0.25, 0.3) is 11.5 Å². The van der Waals surface area contributed by atoms with Crippen molar-refractivity contribution in [2.45, 2.75) is 20.3 Å². The smallest absolute Gasteiger partial charge is 0.362 e. The van der Waals surface area contributed by atoms with E-state index in [1.165, 1.54) is 0 Å². The Morgan fingerprint density at radius 3 is 2.39 bits per heavy atom. The third kappa shape index (κ3) is 5.57. The molecule has 0 aliphatic carbocycles. The van der Waals surface area contributed by atoms with E-state index < -0.39 is 24.0 Å². The number of nitrogens with zero attached hydrogens (tertiary/aromatic N) is 2. The fourth-order valence-electron chi connectivity index (χ4n) is 2.81. The van der Waals surface area contributed by atoms with Crippen molar-refractivity contribution in [1.82, 2.24) is 9.78 Å². The van der Waals surface area contributed by atoms with Crippen LogP contribution in [0, 0.1) is 0 Å². The molecule has 0 aliphatic heterocycles. The maximum Gasteiger partial charge on any atom is 0.362 e. The Bertz CT molecular complexity index is 1110. The first-order valence-electron chi connectivity index (χ1n) is 9.90. The van der Waals surface area contributed by atoms with Gasteiger partial charge in [-0.05, 0) is 43.2 Å². The van der Waals surface area contributed by atoms with Crippen molar-refractivity contribution in [3.05, 3.63) is 82.3 Å². The Hall–Kier alpha value is -3.94. The normalized spacial score (nSPS) is 10.4. The Morgan fingerprint density at radius 1 is 1.03 bits per heavy atom. The Kier molecular flexibility index (Phi) is 7.16. The van der Waals surface area contributed by atoms with Crippen LogP contribution < -0.4 is 15.6 Å². The highest BCUT2D eigenvalue weighted by Gasteiger charge is 2.20. The number of carbonyl (C=O) groups is 2. The van der Waals surface area contributed by atoms with Gasteiger partial charge in [0, 0.05) is 5.69 Å². The number of rotatable bonds is 8. The predicted octanol–water partition coefficient (Wildman–Crippen LogP) is 2.99. The number of aryl methyl sites for hydroxylation is 1. The van der Waals surface area contributed by atoms with Gasteiger partial charge in [-0.25, -0.2) is 4.79 Å². The van der Waals surface area contributed by atoms with Gasteiger partial charge in [0.2, 0.25) is 5.69 Å². The van der Waals surface area contributed by atoms with Gasteiger partial charge < -0.3 is 14.8 Å². The summed E-state index contributed by atoms with van der Waals surface area (Å²) in [5.74, 6) is -1.31. The van der Waals surface area contributed by atoms with E-state index in [2.05, 4.69) is 10.4 Å². The number of hydrogen-bond acceptors (Lipinski definition) is 6. The molecule has 0 atom stereocenters. The average molecular weight is 421 g/mol. The highest BCUT2D eigenvalue weighted by atomic mass is 16.5. The number of aromatic nitrogens is 2. The molecule has 1 N–H and O–H groups in total. The number of amides is 1. The van der Waals surface area contributed by atoms with Crippen molar-refractivity contribution in [1.29, 1.82) is 0 Å². The molecule has 8 nitrogen and oxygen atoms in total. The second kappa shape index (κ2) is 10.2. The standard InChI is InChI=1S/C23H23N3O5/c1-3-16-10-12-17(13-11-16)24-20(27)15-31-19-14-21(28)26(18-8-6-5-7-9-18)25-22(19)23(29)30-4-2/h5-14H,3-4,15H2,1-2H3,(H,24,27). The van der Waals surface area contributed by atoms with Crippen molar-refractivity contribution in [3.8, 4) is 11.4 Å². The number of nitrogens with one attached hydrogen (secondary N) is 1. The Morgan fingerprint density at radius 2 is 1.74 bits per heavy atom. The van der Waals surface area contributed by atoms with Crippen LogP contribution in [0.25, 0.3) is 5.69 Å². The molecule has 0 bridgehead atoms. The summed E-state index contributed by atoms with van der Waals surface area (Å²) in [6, 6.07) is 17.2. The summed E-state index contributed by atoms with van der Waals surface area (Å²) in [6.07, 6.45) is 0.898. The van der Waals surface area contributed by atoms with Crippen LogP contribution in [0.4, 0.5) is 5.69 Å². The first kappa shape index (κ1) is 21.8. The van der Waals surface area contributed by atoms with Crippen molar-refractivity contribution in [2.75, 3.05) is 18.5 Å². The molecular weight excluding hydrogens is 398 g/mol. The lowest BCUT2D eigenvalue weighted by atomic mass is 10.1. The highest BCUT2D eigenvalue weighted by molar-refractivity contribution is 5.93. The zero-order valence-corrected chi connectivity index (χ0v) is 17.3. The lowest BCUT2D eigenvalue weighted by Gasteiger charge is -2.12. The molecule has 3 rings (SSSR count). The number of para-hydroxylation sites is 1. The molecular formula is C23H23N3O5. The molecule has 0 aliphatic rings. The molecule has 2 aromatic carbocycles. The average Bonchev–Trinajstić information content (AvgIpc) is 2.79. The van der Waals surface area contributed by atoms with Crippen molar-refractivity contribution < 1.29 is 19.1 Å². The van der Waals surface area contributed by atoms with Gasteiger partial charge in [0.15, 0.2) is 12.4 Å². The number of carbonyl (C=O) groups excluding carboxylic acids is 2. The third-order valence-corrected chi connectivity index (χ3v) is 4.37. The summed E-state index contributed by atoms with van der Waals surface area (Å²) in [4.78, 5) is 37.2. The molecule has 3 aromatic rings.